The molecule has 0 bridgehead atoms. The molecule has 0 spiro atoms. The van der Waals surface area contributed by atoms with Crippen molar-refractivity contribution in [3.05, 3.63) is 0 Å². The molecule has 1 aliphatic heterocycles. The first-order valence-electron chi connectivity index (χ1n) is 8.50. The molecular weight excluding hydrogens is 401 g/mol. The van der Waals surface area contributed by atoms with E-state index in [0.29, 0.717) is 18.0 Å². The van der Waals surface area contributed by atoms with Gasteiger partial charge in [0.2, 0.25) is 0 Å². The second-order valence-electron chi connectivity index (χ2n) is 8.10. The van der Waals surface area contributed by atoms with Crippen LogP contribution in [0.25, 0.3) is 0 Å². The highest BCUT2D eigenvalue weighted by molar-refractivity contribution is 14.0. The Morgan fingerprint density at radius 2 is 1.91 bits per heavy atom. The minimum atomic E-state index is 0. The minimum absolute atomic E-state index is 0. The van der Waals surface area contributed by atoms with Crippen molar-refractivity contribution in [1.82, 2.24) is 20.4 Å². The number of nitrogens with one attached hydrogen (secondary N) is 2. The molecule has 0 aromatic heterocycles. The Labute approximate surface area is 160 Å². The summed E-state index contributed by atoms with van der Waals surface area (Å²) in [5.74, 6) is 1.57. The van der Waals surface area contributed by atoms with Crippen LogP contribution < -0.4 is 10.6 Å². The zero-order chi connectivity index (χ0) is 16.9. The summed E-state index contributed by atoms with van der Waals surface area (Å²) in [6.45, 7) is 15.7. The molecule has 23 heavy (non-hydrogen) atoms. The van der Waals surface area contributed by atoms with Gasteiger partial charge in [0, 0.05) is 45.3 Å². The number of nitrogens with zero attached hydrogens (tertiary/aromatic N) is 3. The van der Waals surface area contributed by atoms with Crippen LogP contribution in [0.2, 0.25) is 0 Å². The Balaban J connectivity index is 0.00000484. The van der Waals surface area contributed by atoms with Crippen LogP contribution in [0.1, 0.15) is 34.6 Å². The largest absolute Gasteiger partial charge is 0.356 e. The van der Waals surface area contributed by atoms with Crippen LogP contribution in [0.15, 0.2) is 4.99 Å². The number of halogens is 1. The summed E-state index contributed by atoms with van der Waals surface area (Å²) in [6, 6.07) is 1.09. The standard InChI is InChI=1S/C17H37N5.HI/c1-13(2)22-9-14(3)15(10-22)20-16(18-6)19-11-17(4,5)12-21(7)8;/h13-15H,9-12H2,1-8H3,(H2,18,19,20);1H. The van der Waals surface area contributed by atoms with E-state index in [1.165, 1.54) is 6.54 Å². The summed E-state index contributed by atoms with van der Waals surface area (Å²) < 4.78 is 0. The zero-order valence-electron chi connectivity index (χ0n) is 16.3. The van der Waals surface area contributed by atoms with E-state index in [2.05, 4.69) is 74.1 Å². The molecule has 0 aliphatic carbocycles. The molecular formula is C17H38IN5. The van der Waals surface area contributed by atoms with Gasteiger partial charge in [-0.3, -0.25) is 9.89 Å². The van der Waals surface area contributed by atoms with Crippen LogP contribution >= 0.6 is 24.0 Å². The lowest BCUT2D eigenvalue weighted by Crippen LogP contribution is -2.49. The number of hydrogen-bond acceptors (Lipinski definition) is 3. The van der Waals surface area contributed by atoms with Gasteiger partial charge >= 0.3 is 0 Å². The second kappa shape index (κ2) is 10.0. The average molecular weight is 439 g/mol. The van der Waals surface area contributed by atoms with Crippen molar-refractivity contribution in [2.24, 2.45) is 16.3 Å². The van der Waals surface area contributed by atoms with Gasteiger partial charge in [0.1, 0.15) is 0 Å². The van der Waals surface area contributed by atoms with Crippen molar-refractivity contribution >= 4 is 29.9 Å². The van der Waals surface area contributed by atoms with E-state index in [4.69, 9.17) is 0 Å². The highest BCUT2D eigenvalue weighted by Crippen LogP contribution is 2.19. The van der Waals surface area contributed by atoms with Crippen molar-refractivity contribution in [1.29, 1.82) is 0 Å². The van der Waals surface area contributed by atoms with Gasteiger partial charge in [-0.1, -0.05) is 20.8 Å². The van der Waals surface area contributed by atoms with Crippen molar-refractivity contribution in [3.8, 4) is 0 Å². The Kier molecular flexibility index (Phi) is 10.00. The topological polar surface area (TPSA) is 42.9 Å². The third-order valence-electron chi connectivity index (χ3n) is 4.40. The first-order valence-corrected chi connectivity index (χ1v) is 8.50. The molecule has 0 aromatic carbocycles. The monoisotopic (exact) mass is 439 g/mol. The van der Waals surface area contributed by atoms with E-state index >= 15 is 0 Å². The Hall–Kier alpha value is -0.0800. The normalized spacial score (nSPS) is 23.3. The maximum Gasteiger partial charge on any atom is 0.191 e. The molecule has 2 N–H and O–H groups in total. The number of likely N-dealkylation sites (tertiary alicyclic amines) is 1. The Bertz CT molecular complexity index is 368. The highest BCUT2D eigenvalue weighted by Gasteiger charge is 2.31. The summed E-state index contributed by atoms with van der Waals surface area (Å²) in [4.78, 5) is 9.17. The lowest BCUT2D eigenvalue weighted by molar-refractivity contribution is 0.240. The predicted octanol–water partition coefficient (Wildman–Crippen LogP) is 2.09. The fourth-order valence-electron chi connectivity index (χ4n) is 3.22. The van der Waals surface area contributed by atoms with E-state index in [1.54, 1.807) is 0 Å². The van der Waals surface area contributed by atoms with Gasteiger partial charge in [-0.05, 0) is 39.3 Å². The third-order valence-corrected chi connectivity index (χ3v) is 4.40. The molecule has 0 radical (unpaired) electrons. The van der Waals surface area contributed by atoms with E-state index < -0.39 is 0 Å². The Morgan fingerprint density at radius 3 is 2.35 bits per heavy atom. The molecule has 1 heterocycles. The fourth-order valence-corrected chi connectivity index (χ4v) is 3.22. The number of hydrogen-bond donors (Lipinski definition) is 2. The van der Waals surface area contributed by atoms with Gasteiger partial charge in [0.05, 0.1) is 0 Å². The zero-order valence-corrected chi connectivity index (χ0v) is 18.6. The summed E-state index contributed by atoms with van der Waals surface area (Å²) >= 11 is 0. The first-order chi connectivity index (χ1) is 10.1. The van der Waals surface area contributed by atoms with Crippen LogP contribution in [-0.2, 0) is 0 Å². The number of guanidine groups is 1. The van der Waals surface area contributed by atoms with Crippen LogP contribution in [0.4, 0.5) is 0 Å². The van der Waals surface area contributed by atoms with Gasteiger partial charge in [-0.15, -0.1) is 24.0 Å². The maximum absolute atomic E-state index is 4.40. The third kappa shape index (κ3) is 8.03. The van der Waals surface area contributed by atoms with Gasteiger partial charge in [-0.2, -0.15) is 0 Å². The van der Waals surface area contributed by atoms with Crippen LogP contribution in [0, 0.1) is 11.3 Å². The molecule has 6 heteroatoms. The number of rotatable bonds is 6. The molecule has 5 nitrogen and oxygen atoms in total. The summed E-state index contributed by atoms with van der Waals surface area (Å²) in [5, 5.41) is 7.11. The summed E-state index contributed by atoms with van der Waals surface area (Å²) in [5.41, 5.74) is 0.215. The second-order valence-corrected chi connectivity index (χ2v) is 8.10. The quantitative estimate of drug-likeness (QED) is 0.378. The summed E-state index contributed by atoms with van der Waals surface area (Å²) in [7, 11) is 6.10. The smallest absolute Gasteiger partial charge is 0.191 e. The van der Waals surface area contributed by atoms with Crippen molar-refractivity contribution in [2.45, 2.75) is 46.7 Å². The van der Waals surface area contributed by atoms with Crippen LogP contribution in [-0.4, -0.2) is 75.2 Å². The van der Waals surface area contributed by atoms with E-state index in [-0.39, 0.29) is 29.4 Å². The lowest BCUT2D eigenvalue weighted by atomic mass is 9.93. The Morgan fingerprint density at radius 1 is 1.30 bits per heavy atom. The van der Waals surface area contributed by atoms with Gasteiger partial charge in [0.15, 0.2) is 5.96 Å². The molecule has 2 unspecified atom stereocenters. The van der Waals surface area contributed by atoms with E-state index in [0.717, 1.165) is 25.6 Å². The molecule has 1 fully saturated rings. The SMILES string of the molecule is CN=C(NCC(C)(C)CN(C)C)NC1CN(C(C)C)CC1C.I. The van der Waals surface area contributed by atoms with Crippen molar-refractivity contribution in [2.75, 3.05) is 47.3 Å². The molecule has 1 rings (SSSR count). The highest BCUT2D eigenvalue weighted by atomic mass is 127. The molecule has 1 aliphatic rings. The number of aliphatic imine (C=N–C) groups is 1. The lowest BCUT2D eigenvalue weighted by Gasteiger charge is -2.30. The first kappa shape index (κ1) is 22.9. The molecule has 138 valence electrons. The van der Waals surface area contributed by atoms with E-state index in [9.17, 15) is 0 Å². The summed E-state index contributed by atoms with van der Waals surface area (Å²) in [6.07, 6.45) is 0. The molecule has 1 saturated heterocycles. The minimum Gasteiger partial charge on any atom is -0.356 e. The van der Waals surface area contributed by atoms with Gasteiger partial charge in [0.25, 0.3) is 0 Å². The molecule has 0 saturated carbocycles. The average Bonchev–Trinajstić information content (AvgIpc) is 2.74. The van der Waals surface area contributed by atoms with Gasteiger partial charge in [-0.25, -0.2) is 0 Å². The van der Waals surface area contributed by atoms with Crippen molar-refractivity contribution in [3.63, 3.8) is 0 Å². The molecule has 0 amide bonds. The predicted molar refractivity (Wildman–Crippen MR) is 112 cm³/mol. The fraction of sp³-hybridized carbons (Fsp3) is 0.941. The van der Waals surface area contributed by atoms with Crippen LogP contribution in [0.3, 0.4) is 0 Å². The van der Waals surface area contributed by atoms with Crippen molar-refractivity contribution < 1.29 is 0 Å². The van der Waals surface area contributed by atoms with E-state index in [1.807, 2.05) is 7.05 Å². The van der Waals surface area contributed by atoms with Crippen LogP contribution in [0.5, 0.6) is 0 Å². The maximum atomic E-state index is 4.40. The van der Waals surface area contributed by atoms with Gasteiger partial charge < -0.3 is 15.5 Å². The molecule has 2 atom stereocenters. The molecule has 0 aromatic rings.